The van der Waals surface area contributed by atoms with Gasteiger partial charge in [-0.1, -0.05) is 43.3 Å². The second-order valence-corrected chi connectivity index (χ2v) is 4.86. The molecule has 0 aliphatic rings. The molecule has 0 radical (unpaired) electrons. The molecule has 1 N–H and O–H groups in total. The third-order valence-electron chi connectivity index (χ3n) is 3.01. The van der Waals surface area contributed by atoms with Gasteiger partial charge in [0.2, 0.25) is 5.88 Å². The summed E-state index contributed by atoms with van der Waals surface area (Å²) >= 11 is 0. The molecule has 0 bridgehead atoms. The van der Waals surface area contributed by atoms with Gasteiger partial charge in [-0.2, -0.15) is 0 Å². The summed E-state index contributed by atoms with van der Waals surface area (Å²) in [5.41, 5.74) is 3.35. The van der Waals surface area contributed by atoms with Crippen LogP contribution < -0.4 is 10.1 Å². The van der Waals surface area contributed by atoms with Crippen molar-refractivity contribution in [1.82, 2.24) is 10.3 Å². The molecular weight excluding hydrogens is 260 g/mol. The van der Waals surface area contributed by atoms with E-state index in [4.69, 9.17) is 4.74 Å². The molecule has 21 heavy (non-hydrogen) atoms. The lowest BCUT2D eigenvalue weighted by molar-refractivity contribution is 0.347. The minimum atomic E-state index is 0.520. The van der Waals surface area contributed by atoms with Gasteiger partial charge in [-0.15, -0.1) is 0 Å². The highest BCUT2D eigenvalue weighted by Gasteiger charge is 2.00. The Kier molecular flexibility index (Phi) is 5.98. The molecule has 0 fully saturated rings. The minimum Gasteiger partial charge on any atom is -0.473 e. The first-order valence-electron chi connectivity index (χ1n) is 7.30. The van der Waals surface area contributed by atoms with Crippen molar-refractivity contribution in [3.8, 4) is 5.88 Å². The molecule has 2 aromatic rings. The summed E-state index contributed by atoms with van der Waals surface area (Å²) in [6.45, 7) is 6.40. The van der Waals surface area contributed by atoms with Gasteiger partial charge in [0.25, 0.3) is 0 Å². The van der Waals surface area contributed by atoms with Crippen LogP contribution in [0.4, 0.5) is 0 Å². The Morgan fingerprint density at radius 2 is 2.00 bits per heavy atom. The van der Waals surface area contributed by atoms with E-state index in [1.54, 1.807) is 0 Å². The van der Waals surface area contributed by atoms with Gasteiger partial charge in [0.15, 0.2) is 0 Å². The zero-order chi connectivity index (χ0) is 14.9. The van der Waals surface area contributed by atoms with Crippen molar-refractivity contribution in [1.29, 1.82) is 0 Å². The summed E-state index contributed by atoms with van der Waals surface area (Å²) in [7, 11) is 0. The van der Waals surface area contributed by atoms with Crippen molar-refractivity contribution in [2.45, 2.75) is 20.4 Å². The third-order valence-corrected chi connectivity index (χ3v) is 3.01. The predicted molar refractivity (Wildman–Crippen MR) is 87.3 cm³/mol. The van der Waals surface area contributed by atoms with Crippen LogP contribution in [0, 0.1) is 6.92 Å². The SMILES string of the molecule is CCNCc1cc(C)nc(OC/C=C/c2ccccc2)c1. The van der Waals surface area contributed by atoms with Crippen LogP contribution in [0.3, 0.4) is 0 Å². The molecule has 0 saturated carbocycles. The molecule has 0 atom stereocenters. The lowest BCUT2D eigenvalue weighted by atomic mass is 10.2. The maximum Gasteiger partial charge on any atom is 0.214 e. The van der Waals surface area contributed by atoms with Gasteiger partial charge in [0.1, 0.15) is 6.61 Å². The van der Waals surface area contributed by atoms with E-state index in [2.05, 4.69) is 41.5 Å². The molecular formula is C18H22N2O. The van der Waals surface area contributed by atoms with Gasteiger partial charge in [-0.05, 0) is 36.7 Å². The van der Waals surface area contributed by atoms with E-state index in [1.807, 2.05) is 37.3 Å². The number of nitrogens with zero attached hydrogens (tertiary/aromatic N) is 1. The van der Waals surface area contributed by atoms with E-state index in [0.717, 1.165) is 18.8 Å². The average Bonchev–Trinajstić information content (AvgIpc) is 2.50. The van der Waals surface area contributed by atoms with E-state index >= 15 is 0 Å². The van der Waals surface area contributed by atoms with Crippen LogP contribution in [0.25, 0.3) is 6.08 Å². The third kappa shape index (κ3) is 5.40. The molecule has 3 nitrogen and oxygen atoms in total. The normalized spacial score (nSPS) is 11.0. The number of nitrogens with one attached hydrogen (secondary N) is 1. The summed E-state index contributed by atoms with van der Waals surface area (Å²) in [4.78, 5) is 4.40. The number of pyridine rings is 1. The smallest absolute Gasteiger partial charge is 0.214 e. The first kappa shape index (κ1) is 15.3. The Balaban J connectivity index is 1.90. The number of hydrogen-bond acceptors (Lipinski definition) is 3. The average molecular weight is 282 g/mol. The number of rotatable bonds is 7. The molecule has 0 unspecified atom stereocenters. The Morgan fingerprint density at radius 1 is 1.19 bits per heavy atom. The Hall–Kier alpha value is -2.13. The van der Waals surface area contributed by atoms with Gasteiger partial charge >= 0.3 is 0 Å². The number of aromatic nitrogens is 1. The molecule has 0 spiro atoms. The van der Waals surface area contributed by atoms with Crippen LogP contribution in [0.1, 0.15) is 23.7 Å². The largest absolute Gasteiger partial charge is 0.473 e. The number of benzene rings is 1. The van der Waals surface area contributed by atoms with Crippen molar-refractivity contribution in [3.63, 3.8) is 0 Å². The lowest BCUT2D eigenvalue weighted by Gasteiger charge is -2.07. The quantitative estimate of drug-likeness (QED) is 0.842. The maximum atomic E-state index is 5.70. The predicted octanol–water partition coefficient (Wildman–Crippen LogP) is 3.59. The highest BCUT2D eigenvalue weighted by Crippen LogP contribution is 2.12. The fourth-order valence-electron chi connectivity index (χ4n) is 2.03. The number of hydrogen-bond donors (Lipinski definition) is 1. The summed E-state index contributed by atoms with van der Waals surface area (Å²) in [5, 5.41) is 3.31. The van der Waals surface area contributed by atoms with Crippen LogP contribution in [-0.2, 0) is 6.54 Å². The minimum absolute atomic E-state index is 0.520. The Bertz CT molecular complexity index is 579. The van der Waals surface area contributed by atoms with Gasteiger partial charge < -0.3 is 10.1 Å². The Morgan fingerprint density at radius 3 is 2.76 bits per heavy atom. The van der Waals surface area contributed by atoms with E-state index < -0.39 is 0 Å². The molecule has 110 valence electrons. The van der Waals surface area contributed by atoms with Gasteiger partial charge in [-0.25, -0.2) is 4.98 Å². The summed E-state index contributed by atoms with van der Waals surface area (Å²) in [5.74, 6) is 0.681. The first-order chi connectivity index (χ1) is 10.3. The van der Waals surface area contributed by atoms with Crippen molar-refractivity contribution >= 4 is 6.08 Å². The fourth-order valence-corrected chi connectivity index (χ4v) is 2.03. The molecule has 3 heteroatoms. The van der Waals surface area contributed by atoms with E-state index in [0.29, 0.717) is 12.5 Å². The van der Waals surface area contributed by atoms with Crippen molar-refractivity contribution in [3.05, 3.63) is 65.4 Å². The van der Waals surface area contributed by atoms with Crippen LogP contribution in [0.2, 0.25) is 0 Å². The maximum absolute atomic E-state index is 5.70. The number of ether oxygens (including phenoxy) is 1. The fraction of sp³-hybridized carbons (Fsp3) is 0.278. The monoisotopic (exact) mass is 282 g/mol. The second-order valence-electron chi connectivity index (χ2n) is 4.86. The van der Waals surface area contributed by atoms with E-state index in [9.17, 15) is 0 Å². The highest BCUT2D eigenvalue weighted by molar-refractivity contribution is 5.48. The molecule has 1 heterocycles. The molecule has 2 rings (SSSR count). The van der Waals surface area contributed by atoms with Crippen LogP contribution >= 0.6 is 0 Å². The second kappa shape index (κ2) is 8.22. The highest BCUT2D eigenvalue weighted by atomic mass is 16.5. The van der Waals surface area contributed by atoms with E-state index in [1.165, 1.54) is 11.1 Å². The summed E-state index contributed by atoms with van der Waals surface area (Å²) in [6.07, 6.45) is 4.05. The van der Waals surface area contributed by atoms with Crippen molar-refractivity contribution < 1.29 is 4.74 Å². The van der Waals surface area contributed by atoms with Gasteiger partial charge in [0, 0.05) is 18.3 Å². The molecule has 1 aromatic heterocycles. The Labute approximate surface area is 126 Å². The van der Waals surface area contributed by atoms with Crippen molar-refractivity contribution in [2.75, 3.05) is 13.2 Å². The summed E-state index contributed by atoms with van der Waals surface area (Å²) < 4.78 is 5.70. The zero-order valence-electron chi connectivity index (χ0n) is 12.7. The zero-order valence-corrected chi connectivity index (χ0v) is 12.7. The molecule has 0 amide bonds. The van der Waals surface area contributed by atoms with Gasteiger partial charge in [0.05, 0.1) is 0 Å². The van der Waals surface area contributed by atoms with Crippen LogP contribution in [0.15, 0.2) is 48.5 Å². The van der Waals surface area contributed by atoms with Crippen LogP contribution in [0.5, 0.6) is 5.88 Å². The molecule has 0 aliphatic heterocycles. The molecule has 0 aliphatic carbocycles. The van der Waals surface area contributed by atoms with Gasteiger partial charge in [-0.3, -0.25) is 0 Å². The summed E-state index contributed by atoms with van der Waals surface area (Å²) in [6, 6.07) is 14.3. The molecule has 1 aromatic carbocycles. The number of aryl methyl sites for hydroxylation is 1. The standard InChI is InChI=1S/C18H22N2O/c1-3-19-14-17-12-15(2)20-18(13-17)21-11-7-10-16-8-5-4-6-9-16/h4-10,12-13,19H,3,11,14H2,1-2H3/b10-7+. The van der Waals surface area contributed by atoms with Crippen LogP contribution in [-0.4, -0.2) is 18.1 Å². The van der Waals surface area contributed by atoms with Crippen molar-refractivity contribution in [2.24, 2.45) is 0 Å². The topological polar surface area (TPSA) is 34.2 Å². The van der Waals surface area contributed by atoms with E-state index in [-0.39, 0.29) is 0 Å². The first-order valence-corrected chi connectivity index (χ1v) is 7.30. The lowest BCUT2D eigenvalue weighted by Crippen LogP contribution is -2.12. The molecule has 0 saturated heterocycles.